The van der Waals surface area contributed by atoms with E-state index in [-0.39, 0.29) is 13.2 Å². The van der Waals surface area contributed by atoms with Gasteiger partial charge in [-0.15, -0.1) is 21.2 Å². The van der Waals surface area contributed by atoms with Gasteiger partial charge in [0.05, 0.1) is 19.8 Å². The molecule has 0 aromatic rings. The van der Waals surface area contributed by atoms with Gasteiger partial charge in [-0.05, 0) is 13.8 Å². The number of terminal acetylenes is 2. The Bertz CT molecular complexity index is 358. The van der Waals surface area contributed by atoms with Crippen LogP contribution < -0.4 is 0 Å². The monoisotopic (exact) mass is 294 g/mol. The van der Waals surface area contributed by atoms with Crippen molar-refractivity contribution in [2.24, 2.45) is 5.92 Å². The van der Waals surface area contributed by atoms with Gasteiger partial charge in [0.15, 0.2) is 0 Å². The SMILES string of the molecule is C#CC(C)OCC(COC(C)C#C)COP(=O)(F)F. The highest BCUT2D eigenvalue weighted by molar-refractivity contribution is 7.47. The smallest absolute Gasteiger partial charge is 0.365 e. The van der Waals surface area contributed by atoms with Gasteiger partial charge < -0.3 is 9.47 Å². The van der Waals surface area contributed by atoms with Gasteiger partial charge in [-0.3, -0.25) is 4.52 Å². The Labute approximate surface area is 112 Å². The molecular weight excluding hydrogens is 277 g/mol. The number of ether oxygens (including phenoxy) is 2. The first kappa shape index (κ1) is 18.1. The lowest BCUT2D eigenvalue weighted by molar-refractivity contribution is -0.00199. The maximum absolute atomic E-state index is 12.2. The number of halogens is 2. The van der Waals surface area contributed by atoms with Crippen LogP contribution in [0.4, 0.5) is 8.39 Å². The van der Waals surface area contributed by atoms with E-state index in [9.17, 15) is 13.0 Å². The lowest BCUT2D eigenvalue weighted by Gasteiger charge is -2.19. The molecule has 7 heteroatoms. The third kappa shape index (κ3) is 10.7. The van der Waals surface area contributed by atoms with E-state index < -0.39 is 32.7 Å². The van der Waals surface area contributed by atoms with Gasteiger partial charge in [0.25, 0.3) is 0 Å². The van der Waals surface area contributed by atoms with Crippen LogP contribution in [-0.2, 0) is 18.6 Å². The van der Waals surface area contributed by atoms with Crippen molar-refractivity contribution >= 4 is 7.99 Å². The summed E-state index contributed by atoms with van der Waals surface area (Å²) in [6, 6.07) is 0. The Balaban J connectivity index is 4.27. The minimum absolute atomic E-state index is 0.0443. The van der Waals surface area contributed by atoms with Crippen LogP contribution >= 0.6 is 7.99 Å². The van der Waals surface area contributed by atoms with Crippen LogP contribution in [0.1, 0.15) is 13.8 Å². The fourth-order valence-corrected chi connectivity index (χ4v) is 1.38. The highest BCUT2D eigenvalue weighted by Crippen LogP contribution is 2.50. The first-order valence-corrected chi connectivity index (χ1v) is 6.98. The quantitative estimate of drug-likeness (QED) is 0.484. The van der Waals surface area contributed by atoms with Crippen LogP contribution in [-0.4, -0.2) is 32.0 Å². The molecule has 0 aliphatic heterocycles. The third-order valence-corrected chi connectivity index (χ3v) is 2.54. The molecule has 0 aliphatic rings. The van der Waals surface area contributed by atoms with Crippen LogP contribution in [0.15, 0.2) is 0 Å². The van der Waals surface area contributed by atoms with Gasteiger partial charge in [0.1, 0.15) is 12.2 Å². The Hall–Kier alpha value is -0.910. The number of hydrogen-bond donors (Lipinski definition) is 0. The van der Waals surface area contributed by atoms with Crippen molar-refractivity contribution < 1.29 is 27.0 Å². The second kappa shape index (κ2) is 9.07. The van der Waals surface area contributed by atoms with Crippen molar-refractivity contribution in [2.45, 2.75) is 26.1 Å². The van der Waals surface area contributed by atoms with Crippen molar-refractivity contribution in [3.63, 3.8) is 0 Å². The molecule has 0 N–H and O–H groups in total. The molecule has 108 valence electrons. The summed E-state index contributed by atoms with van der Waals surface area (Å²) in [5.41, 5.74) is 0. The molecule has 0 saturated heterocycles. The molecule has 0 amide bonds. The molecule has 0 aliphatic carbocycles. The molecule has 2 atom stereocenters. The van der Waals surface area contributed by atoms with Crippen LogP contribution in [0.25, 0.3) is 0 Å². The second-order valence-corrected chi connectivity index (χ2v) is 4.95. The summed E-state index contributed by atoms with van der Waals surface area (Å²) in [6.45, 7) is 2.90. The fourth-order valence-electron chi connectivity index (χ4n) is 0.994. The summed E-state index contributed by atoms with van der Waals surface area (Å²) < 4.78 is 49.0. The minimum atomic E-state index is -5.52. The van der Waals surface area contributed by atoms with Gasteiger partial charge in [0, 0.05) is 5.92 Å². The van der Waals surface area contributed by atoms with Gasteiger partial charge in [-0.25, -0.2) is 4.57 Å². The Morgan fingerprint density at radius 3 is 1.79 bits per heavy atom. The zero-order valence-corrected chi connectivity index (χ0v) is 11.7. The summed E-state index contributed by atoms with van der Waals surface area (Å²) >= 11 is 0. The summed E-state index contributed by atoms with van der Waals surface area (Å²) in [4.78, 5) is 0. The Morgan fingerprint density at radius 2 is 1.47 bits per heavy atom. The van der Waals surface area contributed by atoms with Gasteiger partial charge in [0.2, 0.25) is 0 Å². The highest BCUT2D eigenvalue weighted by Gasteiger charge is 2.24. The van der Waals surface area contributed by atoms with Crippen molar-refractivity contribution in [1.82, 2.24) is 0 Å². The van der Waals surface area contributed by atoms with Crippen molar-refractivity contribution in [1.29, 1.82) is 0 Å². The molecule has 0 rings (SSSR count). The fraction of sp³-hybridized carbons (Fsp3) is 0.667. The molecule has 0 saturated carbocycles. The normalized spacial score (nSPS) is 16.1. The molecule has 0 spiro atoms. The predicted molar refractivity (Wildman–Crippen MR) is 67.8 cm³/mol. The van der Waals surface area contributed by atoms with E-state index in [1.54, 1.807) is 13.8 Å². The van der Waals surface area contributed by atoms with Crippen LogP contribution in [0.3, 0.4) is 0 Å². The highest BCUT2D eigenvalue weighted by atomic mass is 31.2. The van der Waals surface area contributed by atoms with Crippen molar-refractivity contribution in [3.05, 3.63) is 0 Å². The molecule has 2 unspecified atom stereocenters. The summed E-state index contributed by atoms with van der Waals surface area (Å²) in [5, 5.41) is 0. The predicted octanol–water partition coefficient (Wildman–Crippen LogP) is 2.74. The molecule has 0 aromatic heterocycles. The Kier molecular flexibility index (Phi) is 8.63. The summed E-state index contributed by atoms with van der Waals surface area (Å²) in [6.07, 6.45) is 9.31. The van der Waals surface area contributed by atoms with E-state index in [4.69, 9.17) is 22.3 Å². The largest absolute Gasteiger partial charge is 0.551 e. The average Bonchev–Trinajstić information content (AvgIpc) is 2.35. The van der Waals surface area contributed by atoms with E-state index in [2.05, 4.69) is 16.4 Å². The van der Waals surface area contributed by atoms with E-state index in [0.717, 1.165) is 0 Å². The first-order valence-electron chi connectivity index (χ1n) is 5.57. The molecular formula is C12H17F2O4P. The summed E-state index contributed by atoms with van der Waals surface area (Å²) in [7, 11) is -5.52. The van der Waals surface area contributed by atoms with Gasteiger partial charge in [-0.1, -0.05) is 11.8 Å². The zero-order chi connectivity index (χ0) is 14.9. The lowest BCUT2D eigenvalue weighted by Crippen LogP contribution is -2.25. The lowest BCUT2D eigenvalue weighted by atomic mass is 10.2. The van der Waals surface area contributed by atoms with Crippen molar-refractivity contribution in [2.75, 3.05) is 19.8 Å². The van der Waals surface area contributed by atoms with Crippen LogP contribution in [0, 0.1) is 30.6 Å². The molecule has 19 heavy (non-hydrogen) atoms. The van der Waals surface area contributed by atoms with Crippen LogP contribution in [0.2, 0.25) is 0 Å². The second-order valence-electron chi connectivity index (χ2n) is 3.86. The van der Waals surface area contributed by atoms with Crippen LogP contribution in [0.5, 0.6) is 0 Å². The van der Waals surface area contributed by atoms with E-state index in [0.29, 0.717) is 0 Å². The first-order chi connectivity index (χ1) is 8.78. The molecule has 0 heterocycles. The van der Waals surface area contributed by atoms with E-state index in [1.807, 2.05) is 0 Å². The zero-order valence-electron chi connectivity index (χ0n) is 10.8. The van der Waals surface area contributed by atoms with E-state index >= 15 is 0 Å². The maximum atomic E-state index is 12.2. The summed E-state index contributed by atoms with van der Waals surface area (Å²) in [5.74, 6) is 4.12. The molecule has 0 fully saturated rings. The standard InChI is InChI=1S/C12H17F2O4P/c1-5-10(3)16-7-12(8-17-11(4)6-2)9-18-19(13,14)15/h1-2,10-12H,7-9H2,3-4H3. The number of rotatable bonds is 9. The topological polar surface area (TPSA) is 44.8 Å². The average molecular weight is 294 g/mol. The molecule has 4 nitrogen and oxygen atoms in total. The van der Waals surface area contributed by atoms with Gasteiger partial charge >= 0.3 is 7.99 Å². The maximum Gasteiger partial charge on any atom is 0.551 e. The molecule has 0 radical (unpaired) electrons. The molecule has 0 aromatic carbocycles. The Morgan fingerprint density at radius 1 is 1.05 bits per heavy atom. The third-order valence-electron chi connectivity index (χ3n) is 2.09. The van der Waals surface area contributed by atoms with E-state index in [1.165, 1.54) is 0 Å². The minimum Gasteiger partial charge on any atom is -0.365 e. The number of hydrogen-bond acceptors (Lipinski definition) is 4. The van der Waals surface area contributed by atoms with Gasteiger partial charge in [-0.2, -0.15) is 0 Å². The van der Waals surface area contributed by atoms with Crippen molar-refractivity contribution in [3.8, 4) is 24.7 Å². The molecule has 0 bridgehead atoms.